The van der Waals surface area contributed by atoms with Crippen LogP contribution in [0.25, 0.3) is 10.9 Å². The highest BCUT2D eigenvalue weighted by atomic mass is 16.5. The Balaban J connectivity index is 1.32. The van der Waals surface area contributed by atoms with Gasteiger partial charge in [-0.25, -0.2) is 10.2 Å². The maximum absolute atomic E-state index is 13.0. The molecule has 1 aliphatic rings. The zero-order valence-corrected chi connectivity index (χ0v) is 19.1. The van der Waals surface area contributed by atoms with Crippen molar-refractivity contribution in [1.82, 2.24) is 10.4 Å². The van der Waals surface area contributed by atoms with Gasteiger partial charge in [0.25, 0.3) is 5.91 Å². The minimum absolute atomic E-state index is 0.122. The molecule has 0 saturated heterocycles. The van der Waals surface area contributed by atoms with Gasteiger partial charge >= 0.3 is 5.97 Å². The highest BCUT2D eigenvalue weighted by molar-refractivity contribution is 6.06. The molecule has 0 spiro atoms. The molecule has 0 saturated carbocycles. The van der Waals surface area contributed by atoms with E-state index in [0.717, 1.165) is 17.4 Å². The fraction of sp³-hybridized carbons (Fsp3) is 0.185. The predicted octanol–water partition coefficient (Wildman–Crippen LogP) is 4.59. The van der Waals surface area contributed by atoms with Crippen LogP contribution >= 0.6 is 0 Å². The smallest absolute Gasteiger partial charge is 0.380 e. The molecule has 1 aliphatic carbocycles. The van der Waals surface area contributed by atoms with Crippen LogP contribution in [-0.2, 0) is 11.2 Å². The quantitative estimate of drug-likeness (QED) is 0.252. The number of amides is 1. The lowest BCUT2D eigenvalue weighted by atomic mass is 9.93. The SMILES string of the molecule is Cc1c(C(=O)Oc2cccc3cccnc23)oc2c1/C(=N/NC(=O)COc1ccccc1)CCC2. The number of esters is 1. The van der Waals surface area contributed by atoms with Gasteiger partial charge in [0.15, 0.2) is 12.4 Å². The Labute approximate surface area is 201 Å². The lowest BCUT2D eigenvalue weighted by Crippen LogP contribution is -2.27. The molecule has 0 bridgehead atoms. The number of hydrazone groups is 1. The normalized spacial score (nSPS) is 13.9. The van der Waals surface area contributed by atoms with Crippen LogP contribution in [-0.4, -0.2) is 29.2 Å². The van der Waals surface area contributed by atoms with Gasteiger partial charge in [-0.2, -0.15) is 5.10 Å². The van der Waals surface area contributed by atoms with E-state index in [1.165, 1.54) is 0 Å². The number of benzene rings is 2. The van der Waals surface area contributed by atoms with Crippen LogP contribution in [0.5, 0.6) is 11.5 Å². The summed E-state index contributed by atoms with van der Waals surface area (Å²) in [6.45, 7) is 1.64. The van der Waals surface area contributed by atoms with E-state index in [1.807, 2.05) is 42.5 Å². The van der Waals surface area contributed by atoms with Crippen molar-refractivity contribution >= 4 is 28.5 Å². The first-order valence-corrected chi connectivity index (χ1v) is 11.3. The van der Waals surface area contributed by atoms with Crippen LogP contribution in [0.1, 0.15) is 40.3 Å². The van der Waals surface area contributed by atoms with E-state index in [0.29, 0.717) is 46.9 Å². The molecule has 0 fully saturated rings. The number of para-hydroxylation sites is 2. The first kappa shape index (κ1) is 22.3. The van der Waals surface area contributed by atoms with Gasteiger partial charge < -0.3 is 13.9 Å². The summed E-state index contributed by atoms with van der Waals surface area (Å²) in [5, 5.41) is 5.18. The molecule has 176 valence electrons. The van der Waals surface area contributed by atoms with Crippen molar-refractivity contribution in [3.8, 4) is 11.5 Å². The van der Waals surface area contributed by atoms with Crippen LogP contribution < -0.4 is 14.9 Å². The standard InChI is InChI=1S/C27H23N3O5/c1-17-24-20(29-30-23(31)16-33-19-10-3-2-4-11-19)12-6-13-21(24)34-26(17)27(32)35-22-14-5-8-18-9-7-15-28-25(18)22/h2-5,7-11,14-15H,6,12-13,16H2,1H3,(H,30,31)/b29-20+. The third-order valence-corrected chi connectivity index (χ3v) is 5.74. The monoisotopic (exact) mass is 469 g/mol. The number of hydrogen-bond donors (Lipinski definition) is 1. The molecule has 2 aromatic carbocycles. The predicted molar refractivity (Wildman–Crippen MR) is 130 cm³/mol. The van der Waals surface area contributed by atoms with Crippen molar-refractivity contribution in [2.45, 2.75) is 26.2 Å². The number of ether oxygens (including phenoxy) is 2. The van der Waals surface area contributed by atoms with Gasteiger partial charge in [-0.15, -0.1) is 0 Å². The maximum Gasteiger partial charge on any atom is 0.380 e. The van der Waals surface area contributed by atoms with E-state index in [4.69, 9.17) is 13.9 Å². The minimum atomic E-state index is -0.602. The Kier molecular flexibility index (Phi) is 6.26. The summed E-state index contributed by atoms with van der Waals surface area (Å²) in [5.41, 5.74) is 5.17. The zero-order valence-electron chi connectivity index (χ0n) is 19.1. The molecule has 0 unspecified atom stereocenters. The van der Waals surface area contributed by atoms with Crippen LogP contribution in [0.3, 0.4) is 0 Å². The Hall–Kier alpha value is -4.46. The molecule has 8 nitrogen and oxygen atoms in total. The lowest BCUT2D eigenvalue weighted by Gasteiger charge is -2.13. The molecular weight excluding hydrogens is 446 g/mol. The Morgan fingerprint density at radius 2 is 1.89 bits per heavy atom. The van der Waals surface area contributed by atoms with Gasteiger partial charge in [0.2, 0.25) is 5.76 Å². The summed E-state index contributed by atoms with van der Waals surface area (Å²) in [6, 6.07) is 18.2. The van der Waals surface area contributed by atoms with Gasteiger partial charge in [0.05, 0.1) is 5.71 Å². The molecule has 8 heteroatoms. The first-order valence-electron chi connectivity index (χ1n) is 11.3. The van der Waals surface area contributed by atoms with Crippen molar-refractivity contribution in [2.75, 3.05) is 6.61 Å². The number of furan rings is 1. The maximum atomic E-state index is 13.0. The highest BCUT2D eigenvalue weighted by Gasteiger charge is 2.29. The van der Waals surface area contributed by atoms with Crippen molar-refractivity contribution in [3.63, 3.8) is 0 Å². The van der Waals surface area contributed by atoms with Crippen molar-refractivity contribution in [2.24, 2.45) is 5.10 Å². The molecule has 1 amide bonds. The Morgan fingerprint density at radius 3 is 2.74 bits per heavy atom. The largest absolute Gasteiger partial charge is 0.484 e. The summed E-state index contributed by atoms with van der Waals surface area (Å²) in [6.07, 6.45) is 3.76. The highest BCUT2D eigenvalue weighted by Crippen LogP contribution is 2.31. The average molecular weight is 469 g/mol. The van der Waals surface area contributed by atoms with Gasteiger partial charge in [-0.3, -0.25) is 9.78 Å². The lowest BCUT2D eigenvalue weighted by molar-refractivity contribution is -0.123. The minimum Gasteiger partial charge on any atom is -0.484 e. The fourth-order valence-electron chi connectivity index (χ4n) is 4.11. The number of hydrogen-bond acceptors (Lipinski definition) is 7. The topological polar surface area (TPSA) is 103 Å². The van der Waals surface area contributed by atoms with E-state index in [2.05, 4.69) is 15.5 Å². The molecule has 2 heterocycles. The molecule has 5 rings (SSSR count). The molecular formula is C27H23N3O5. The molecule has 0 radical (unpaired) electrons. The van der Waals surface area contributed by atoms with Gasteiger partial charge in [-0.1, -0.05) is 36.4 Å². The van der Waals surface area contributed by atoms with Crippen molar-refractivity contribution in [3.05, 3.63) is 89.5 Å². The molecule has 2 aromatic heterocycles. The average Bonchev–Trinajstić information content (AvgIpc) is 3.24. The summed E-state index contributed by atoms with van der Waals surface area (Å²) >= 11 is 0. The van der Waals surface area contributed by atoms with E-state index in [9.17, 15) is 9.59 Å². The first-order chi connectivity index (χ1) is 17.1. The van der Waals surface area contributed by atoms with Crippen LogP contribution in [0.15, 0.2) is 76.4 Å². The number of fused-ring (bicyclic) bond motifs is 2. The molecule has 35 heavy (non-hydrogen) atoms. The third-order valence-electron chi connectivity index (χ3n) is 5.74. The number of rotatable bonds is 6. The number of carbonyl (C=O) groups excluding carboxylic acids is 2. The van der Waals surface area contributed by atoms with E-state index < -0.39 is 5.97 Å². The summed E-state index contributed by atoms with van der Waals surface area (Å²) in [4.78, 5) is 29.6. The summed E-state index contributed by atoms with van der Waals surface area (Å²) in [7, 11) is 0. The summed E-state index contributed by atoms with van der Waals surface area (Å²) < 4.78 is 17.0. The van der Waals surface area contributed by atoms with Gasteiger partial charge in [-0.05, 0) is 44.0 Å². The number of aromatic nitrogens is 1. The van der Waals surface area contributed by atoms with Crippen LogP contribution in [0.4, 0.5) is 0 Å². The molecule has 4 aromatic rings. The van der Waals surface area contributed by atoms with Crippen LogP contribution in [0, 0.1) is 6.92 Å². The Bertz CT molecular complexity index is 1420. The second-order valence-electron chi connectivity index (χ2n) is 8.12. The molecule has 1 N–H and O–H groups in total. The second-order valence-corrected chi connectivity index (χ2v) is 8.12. The van der Waals surface area contributed by atoms with E-state index in [-0.39, 0.29) is 18.3 Å². The zero-order chi connectivity index (χ0) is 24.2. The van der Waals surface area contributed by atoms with Gasteiger partial charge in [0, 0.05) is 29.1 Å². The van der Waals surface area contributed by atoms with E-state index in [1.54, 1.807) is 31.3 Å². The van der Waals surface area contributed by atoms with Crippen molar-refractivity contribution < 1.29 is 23.5 Å². The fourth-order valence-corrected chi connectivity index (χ4v) is 4.11. The number of aryl methyl sites for hydroxylation is 1. The molecule has 0 aliphatic heterocycles. The molecule has 0 atom stereocenters. The number of pyridine rings is 1. The third kappa shape index (κ3) is 4.77. The van der Waals surface area contributed by atoms with Gasteiger partial charge in [0.1, 0.15) is 17.0 Å². The number of carbonyl (C=O) groups is 2. The van der Waals surface area contributed by atoms with Crippen LogP contribution in [0.2, 0.25) is 0 Å². The van der Waals surface area contributed by atoms with E-state index >= 15 is 0 Å². The number of nitrogens with zero attached hydrogens (tertiary/aromatic N) is 2. The number of nitrogens with one attached hydrogen (secondary N) is 1. The summed E-state index contributed by atoms with van der Waals surface area (Å²) in [5.74, 6) is 0.765. The second kappa shape index (κ2) is 9.80. The Morgan fingerprint density at radius 1 is 1.06 bits per heavy atom. The van der Waals surface area contributed by atoms with Crippen molar-refractivity contribution in [1.29, 1.82) is 0 Å².